The van der Waals surface area contributed by atoms with Crippen LogP contribution in [0.3, 0.4) is 0 Å². The molecule has 0 aliphatic carbocycles. The first-order valence-electron chi connectivity index (χ1n) is 9.07. The predicted molar refractivity (Wildman–Crippen MR) is 119 cm³/mol. The molecule has 0 radical (unpaired) electrons. The molecule has 0 spiro atoms. The van der Waals surface area contributed by atoms with E-state index in [1.165, 1.54) is 4.52 Å². The molecule has 4 aromatic rings. The number of rotatable bonds is 6. The van der Waals surface area contributed by atoms with Crippen LogP contribution >= 0.6 is 22.9 Å². The van der Waals surface area contributed by atoms with Gasteiger partial charge in [-0.3, -0.25) is 9.59 Å². The monoisotopic (exact) mass is 437 g/mol. The SMILES string of the molecule is C=CCOc1ccc(/C=c2/sc3nc(=O)c(Cc4ccccc4Cl)nn3c2=O)cc1. The van der Waals surface area contributed by atoms with Crippen LogP contribution in [-0.2, 0) is 6.42 Å². The summed E-state index contributed by atoms with van der Waals surface area (Å²) >= 11 is 7.29. The summed E-state index contributed by atoms with van der Waals surface area (Å²) in [5.41, 5.74) is 0.953. The fourth-order valence-corrected chi connectivity index (χ4v) is 3.95. The molecule has 30 heavy (non-hydrogen) atoms. The van der Waals surface area contributed by atoms with Crippen LogP contribution in [0.2, 0.25) is 5.02 Å². The van der Waals surface area contributed by atoms with Crippen molar-refractivity contribution in [1.29, 1.82) is 0 Å². The lowest BCUT2D eigenvalue weighted by Gasteiger charge is -2.02. The maximum absolute atomic E-state index is 12.8. The molecule has 0 atom stereocenters. The molecule has 0 unspecified atom stereocenters. The standard InChI is InChI=1S/C22H16ClN3O3S/c1-2-11-29-16-9-7-14(8-10-16)12-19-21(28)26-22(30-19)24-20(27)18(25-26)13-15-5-3-4-6-17(15)23/h2-10,12H,1,11,13H2/b19-12+. The van der Waals surface area contributed by atoms with Crippen molar-refractivity contribution in [3.05, 3.63) is 108 Å². The van der Waals surface area contributed by atoms with Gasteiger partial charge in [0.1, 0.15) is 18.1 Å². The molecule has 0 N–H and O–H groups in total. The minimum absolute atomic E-state index is 0.172. The Morgan fingerprint density at radius 2 is 1.90 bits per heavy atom. The molecule has 0 amide bonds. The van der Waals surface area contributed by atoms with Gasteiger partial charge in [-0.15, -0.1) is 0 Å². The van der Waals surface area contributed by atoms with E-state index in [0.29, 0.717) is 21.9 Å². The molecule has 4 rings (SSSR count). The molecule has 0 saturated carbocycles. The van der Waals surface area contributed by atoms with E-state index in [4.69, 9.17) is 16.3 Å². The van der Waals surface area contributed by atoms with Crippen LogP contribution in [0.25, 0.3) is 11.0 Å². The Morgan fingerprint density at radius 1 is 1.13 bits per heavy atom. The van der Waals surface area contributed by atoms with Crippen molar-refractivity contribution in [2.24, 2.45) is 0 Å². The largest absolute Gasteiger partial charge is 0.490 e. The van der Waals surface area contributed by atoms with E-state index in [1.807, 2.05) is 42.5 Å². The summed E-state index contributed by atoms with van der Waals surface area (Å²) in [5, 5.41) is 4.79. The molecule has 0 saturated heterocycles. The number of aromatic nitrogens is 3. The van der Waals surface area contributed by atoms with E-state index in [0.717, 1.165) is 22.5 Å². The quantitative estimate of drug-likeness (QED) is 0.434. The molecule has 0 aliphatic heterocycles. The van der Waals surface area contributed by atoms with Crippen molar-refractivity contribution >= 4 is 34.0 Å². The van der Waals surface area contributed by atoms with Crippen LogP contribution < -0.4 is 20.4 Å². The van der Waals surface area contributed by atoms with E-state index >= 15 is 0 Å². The van der Waals surface area contributed by atoms with E-state index in [1.54, 1.807) is 18.2 Å². The summed E-state index contributed by atoms with van der Waals surface area (Å²) < 4.78 is 7.06. The lowest BCUT2D eigenvalue weighted by molar-refractivity contribution is 0.363. The van der Waals surface area contributed by atoms with Crippen LogP contribution in [0, 0.1) is 0 Å². The van der Waals surface area contributed by atoms with Gasteiger partial charge in [0.25, 0.3) is 11.1 Å². The Kier molecular flexibility index (Phi) is 5.74. The number of nitrogens with zero attached hydrogens (tertiary/aromatic N) is 3. The first kappa shape index (κ1) is 20.0. The van der Waals surface area contributed by atoms with Crippen molar-refractivity contribution < 1.29 is 4.74 Å². The highest BCUT2D eigenvalue weighted by atomic mass is 35.5. The van der Waals surface area contributed by atoms with Crippen LogP contribution in [0.5, 0.6) is 5.75 Å². The Bertz CT molecular complexity index is 1390. The fourth-order valence-electron chi connectivity index (χ4n) is 2.84. The summed E-state index contributed by atoms with van der Waals surface area (Å²) in [6, 6.07) is 14.5. The lowest BCUT2D eigenvalue weighted by atomic mass is 10.1. The molecule has 2 aromatic heterocycles. The average Bonchev–Trinajstić information content (AvgIpc) is 3.04. The second-order valence-corrected chi connectivity index (χ2v) is 7.83. The first-order chi connectivity index (χ1) is 14.5. The smallest absolute Gasteiger partial charge is 0.296 e. The van der Waals surface area contributed by atoms with E-state index in [2.05, 4.69) is 16.7 Å². The maximum Gasteiger partial charge on any atom is 0.296 e. The second kappa shape index (κ2) is 8.61. The number of hydrogen-bond acceptors (Lipinski definition) is 6. The summed E-state index contributed by atoms with van der Waals surface area (Å²) in [4.78, 5) is 29.5. The van der Waals surface area contributed by atoms with Gasteiger partial charge >= 0.3 is 0 Å². The number of benzene rings is 2. The van der Waals surface area contributed by atoms with Gasteiger partial charge in [-0.1, -0.05) is 65.9 Å². The average molecular weight is 438 g/mol. The second-order valence-electron chi connectivity index (χ2n) is 6.41. The molecule has 2 heterocycles. The predicted octanol–water partition coefficient (Wildman–Crippen LogP) is 2.87. The molecule has 2 aromatic carbocycles. The third-order valence-electron chi connectivity index (χ3n) is 4.31. The third kappa shape index (κ3) is 4.17. The van der Waals surface area contributed by atoms with Crippen molar-refractivity contribution in [3.8, 4) is 5.75 Å². The normalized spacial score (nSPS) is 11.7. The number of hydrogen-bond donors (Lipinski definition) is 0. The summed E-state index contributed by atoms with van der Waals surface area (Å²) in [6.45, 7) is 4.03. The Balaban J connectivity index is 1.71. The highest BCUT2D eigenvalue weighted by molar-refractivity contribution is 7.15. The van der Waals surface area contributed by atoms with Gasteiger partial charge in [0, 0.05) is 11.4 Å². The third-order valence-corrected chi connectivity index (χ3v) is 5.64. The number of halogens is 1. The zero-order valence-corrected chi connectivity index (χ0v) is 17.3. The number of thiazole rings is 1. The highest BCUT2D eigenvalue weighted by Gasteiger charge is 2.12. The zero-order valence-electron chi connectivity index (χ0n) is 15.7. The van der Waals surface area contributed by atoms with Crippen molar-refractivity contribution in [3.63, 3.8) is 0 Å². The van der Waals surface area contributed by atoms with Crippen molar-refractivity contribution in [1.82, 2.24) is 14.6 Å². The molecule has 0 aliphatic rings. The fraction of sp³-hybridized carbons (Fsp3) is 0.0909. The van der Waals surface area contributed by atoms with Crippen molar-refractivity contribution in [2.75, 3.05) is 6.61 Å². The Morgan fingerprint density at radius 3 is 2.63 bits per heavy atom. The Hall–Kier alpha value is -3.29. The van der Waals surface area contributed by atoms with Crippen LogP contribution in [0.4, 0.5) is 0 Å². The van der Waals surface area contributed by atoms with Gasteiger partial charge in [-0.2, -0.15) is 14.6 Å². The molecule has 0 fully saturated rings. The molecular formula is C22H16ClN3O3S. The molecule has 8 heteroatoms. The van der Waals surface area contributed by atoms with Crippen LogP contribution in [-0.4, -0.2) is 21.2 Å². The summed E-state index contributed by atoms with van der Waals surface area (Å²) in [5.74, 6) is 0.712. The maximum atomic E-state index is 12.8. The van der Waals surface area contributed by atoms with Crippen LogP contribution in [0.1, 0.15) is 16.8 Å². The van der Waals surface area contributed by atoms with Gasteiger partial charge in [0.15, 0.2) is 0 Å². The first-order valence-corrected chi connectivity index (χ1v) is 10.3. The molecule has 6 nitrogen and oxygen atoms in total. The van der Waals surface area contributed by atoms with Gasteiger partial charge in [0.2, 0.25) is 4.96 Å². The van der Waals surface area contributed by atoms with Gasteiger partial charge < -0.3 is 4.74 Å². The molecule has 0 bridgehead atoms. The van der Waals surface area contributed by atoms with Gasteiger partial charge in [-0.05, 0) is 35.4 Å². The Labute approximate surface area is 180 Å². The van der Waals surface area contributed by atoms with Crippen LogP contribution in [0.15, 0.2) is 70.8 Å². The lowest BCUT2D eigenvalue weighted by Crippen LogP contribution is -2.28. The number of fused-ring (bicyclic) bond motifs is 1. The van der Waals surface area contributed by atoms with E-state index < -0.39 is 5.56 Å². The molecular weight excluding hydrogens is 422 g/mol. The molecule has 150 valence electrons. The minimum Gasteiger partial charge on any atom is -0.490 e. The number of ether oxygens (including phenoxy) is 1. The van der Waals surface area contributed by atoms with Gasteiger partial charge in [0.05, 0.1) is 4.53 Å². The zero-order chi connectivity index (χ0) is 21.1. The van der Waals surface area contributed by atoms with Gasteiger partial charge in [-0.25, -0.2) is 0 Å². The summed E-state index contributed by atoms with van der Waals surface area (Å²) in [7, 11) is 0. The van der Waals surface area contributed by atoms with E-state index in [9.17, 15) is 9.59 Å². The topological polar surface area (TPSA) is 73.6 Å². The summed E-state index contributed by atoms with van der Waals surface area (Å²) in [6.07, 6.45) is 3.61. The van der Waals surface area contributed by atoms with Crippen molar-refractivity contribution in [2.45, 2.75) is 6.42 Å². The highest BCUT2D eigenvalue weighted by Crippen LogP contribution is 2.17. The van der Waals surface area contributed by atoms with E-state index in [-0.39, 0.29) is 22.6 Å². The minimum atomic E-state index is -0.466.